The Morgan fingerprint density at radius 3 is 2.64 bits per heavy atom. The summed E-state index contributed by atoms with van der Waals surface area (Å²) in [5, 5.41) is 20.7. The van der Waals surface area contributed by atoms with Gasteiger partial charge in [-0.25, -0.2) is 0 Å². The molecule has 1 aliphatic rings. The first-order valence-electron chi connectivity index (χ1n) is 9.20. The van der Waals surface area contributed by atoms with E-state index >= 15 is 0 Å². The summed E-state index contributed by atoms with van der Waals surface area (Å²) in [6, 6.07) is 3.66. The number of allylic oxidation sites excluding steroid dienone is 4. The SMILES string of the molecule is CC(C)=CCCC(C)=CCCC1(C)Oc2cc(C)cc(O)c2CC1O. The molecule has 2 unspecified atom stereocenters. The Labute approximate surface area is 152 Å². The van der Waals surface area contributed by atoms with Crippen molar-refractivity contribution >= 4 is 0 Å². The van der Waals surface area contributed by atoms with E-state index in [2.05, 4.69) is 32.9 Å². The maximum absolute atomic E-state index is 10.6. The van der Waals surface area contributed by atoms with Crippen molar-refractivity contribution < 1.29 is 14.9 Å². The second kappa shape index (κ2) is 8.09. The van der Waals surface area contributed by atoms with Crippen LogP contribution in [0.4, 0.5) is 0 Å². The molecule has 25 heavy (non-hydrogen) atoms. The molecule has 1 aliphatic heterocycles. The van der Waals surface area contributed by atoms with Gasteiger partial charge in [-0.05, 0) is 78.0 Å². The molecule has 2 atom stereocenters. The van der Waals surface area contributed by atoms with Crippen LogP contribution in [-0.4, -0.2) is 21.9 Å². The van der Waals surface area contributed by atoms with Crippen LogP contribution in [0.2, 0.25) is 0 Å². The molecule has 1 aromatic carbocycles. The number of hydrogen-bond acceptors (Lipinski definition) is 3. The number of aromatic hydroxyl groups is 1. The Hall–Kier alpha value is -1.74. The van der Waals surface area contributed by atoms with Crippen molar-refractivity contribution in [2.45, 2.75) is 78.4 Å². The summed E-state index contributed by atoms with van der Waals surface area (Å²) >= 11 is 0. The predicted octanol–water partition coefficient (Wildman–Crippen LogP) is 5.23. The van der Waals surface area contributed by atoms with Crippen LogP contribution in [0.1, 0.15) is 64.5 Å². The predicted molar refractivity (Wildman–Crippen MR) is 103 cm³/mol. The molecule has 0 saturated carbocycles. The minimum Gasteiger partial charge on any atom is -0.508 e. The van der Waals surface area contributed by atoms with Gasteiger partial charge in [0.25, 0.3) is 0 Å². The highest BCUT2D eigenvalue weighted by Crippen LogP contribution is 2.40. The van der Waals surface area contributed by atoms with Crippen LogP contribution in [-0.2, 0) is 6.42 Å². The molecule has 0 amide bonds. The van der Waals surface area contributed by atoms with Crippen LogP contribution in [0.5, 0.6) is 11.5 Å². The number of rotatable bonds is 6. The highest BCUT2D eigenvalue weighted by Gasteiger charge is 2.40. The lowest BCUT2D eigenvalue weighted by molar-refractivity contribution is -0.0592. The number of benzene rings is 1. The summed E-state index contributed by atoms with van der Waals surface area (Å²) < 4.78 is 6.14. The van der Waals surface area contributed by atoms with E-state index in [1.165, 1.54) is 11.1 Å². The molecule has 2 N–H and O–H groups in total. The fourth-order valence-electron chi connectivity index (χ4n) is 3.30. The first-order chi connectivity index (χ1) is 11.7. The van der Waals surface area contributed by atoms with Gasteiger partial charge in [0.1, 0.15) is 17.1 Å². The van der Waals surface area contributed by atoms with Crippen molar-refractivity contribution in [3.05, 3.63) is 46.6 Å². The van der Waals surface area contributed by atoms with Crippen molar-refractivity contribution in [2.24, 2.45) is 0 Å². The zero-order chi connectivity index (χ0) is 18.6. The molecule has 3 heteroatoms. The maximum Gasteiger partial charge on any atom is 0.133 e. The average Bonchev–Trinajstić information content (AvgIpc) is 2.49. The van der Waals surface area contributed by atoms with Gasteiger partial charge < -0.3 is 14.9 Å². The molecule has 0 saturated heterocycles. The van der Waals surface area contributed by atoms with E-state index in [-0.39, 0.29) is 5.75 Å². The highest BCUT2D eigenvalue weighted by atomic mass is 16.5. The van der Waals surface area contributed by atoms with Gasteiger partial charge in [-0.3, -0.25) is 0 Å². The number of aliphatic hydroxyl groups is 1. The van der Waals surface area contributed by atoms with Crippen molar-refractivity contribution in [1.29, 1.82) is 0 Å². The number of ether oxygens (including phenoxy) is 1. The van der Waals surface area contributed by atoms with Crippen molar-refractivity contribution in [2.75, 3.05) is 0 Å². The normalized spacial score (nSPS) is 23.0. The van der Waals surface area contributed by atoms with E-state index in [0.717, 1.165) is 31.2 Å². The number of aryl methyl sites for hydroxylation is 1. The number of aliphatic hydroxyl groups excluding tert-OH is 1. The van der Waals surface area contributed by atoms with E-state index in [9.17, 15) is 10.2 Å². The molecule has 1 heterocycles. The maximum atomic E-state index is 10.6. The fraction of sp³-hybridized carbons (Fsp3) is 0.545. The molecule has 1 aromatic rings. The van der Waals surface area contributed by atoms with Crippen molar-refractivity contribution in [3.63, 3.8) is 0 Å². The average molecular weight is 344 g/mol. The number of fused-ring (bicyclic) bond motifs is 1. The van der Waals surface area contributed by atoms with E-state index in [1.807, 2.05) is 19.9 Å². The Morgan fingerprint density at radius 2 is 1.96 bits per heavy atom. The third kappa shape index (κ3) is 5.12. The van der Waals surface area contributed by atoms with Crippen LogP contribution in [0.3, 0.4) is 0 Å². The lowest BCUT2D eigenvalue weighted by Gasteiger charge is -2.40. The largest absolute Gasteiger partial charge is 0.508 e. The molecular weight excluding hydrogens is 312 g/mol. The topological polar surface area (TPSA) is 49.7 Å². The molecule has 0 fully saturated rings. The van der Waals surface area contributed by atoms with Crippen molar-refractivity contribution in [3.8, 4) is 11.5 Å². The summed E-state index contributed by atoms with van der Waals surface area (Å²) in [6.45, 7) is 10.3. The van der Waals surface area contributed by atoms with Gasteiger partial charge in [0.2, 0.25) is 0 Å². The monoisotopic (exact) mass is 344 g/mol. The standard InChI is InChI=1S/C22H32O3/c1-15(2)8-6-9-16(3)10-7-11-22(5)21(24)14-18-19(23)12-17(4)13-20(18)25-22/h8,10,12-13,21,23-24H,6-7,9,11,14H2,1-5H3. The van der Waals surface area contributed by atoms with Crippen LogP contribution >= 0.6 is 0 Å². The summed E-state index contributed by atoms with van der Waals surface area (Å²) in [5.41, 5.74) is 3.79. The molecule has 0 aliphatic carbocycles. The van der Waals surface area contributed by atoms with E-state index in [4.69, 9.17) is 4.74 Å². The zero-order valence-corrected chi connectivity index (χ0v) is 16.2. The molecular formula is C22H32O3. The number of hydrogen-bond donors (Lipinski definition) is 2. The molecule has 0 radical (unpaired) electrons. The van der Waals surface area contributed by atoms with E-state index in [1.54, 1.807) is 6.07 Å². The Bertz CT molecular complexity index is 668. The van der Waals surface area contributed by atoms with Crippen LogP contribution in [0, 0.1) is 6.92 Å². The smallest absolute Gasteiger partial charge is 0.133 e. The van der Waals surface area contributed by atoms with Gasteiger partial charge in [-0.1, -0.05) is 23.3 Å². The molecule has 3 nitrogen and oxygen atoms in total. The first kappa shape index (κ1) is 19.6. The van der Waals surface area contributed by atoms with E-state index < -0.39 is 11.7 Å². The Morgan fingerprint density at radius 1 is 1.24 bits per heavy atom. The second-order valence-electron chi connectivity index (χ2n) is 7.80. The summed E-state index contributed by atoms with van der Waals surface area (Å²) in [6.07, 6.45) is 8.11. The lowest BCUT2D eigenvalue weighted by atomic mass is 9.85. The molecule has 2 rings (SSSR count). The summed E-state index contributed by atoms with van der Waals surface area (Å²) in [4.78, 5) is 0. The number of phenols is 1. The summed E-state index contributed by atoms with van der Waals surface area (Å²) in [7, 11) is 0. The van der Waals surface area contributed by atoms with Gasteiger partial charge in [0.05, 0.1) is 6.10 Å². The molecule has 0 spiro atoms. The third-order valence-electron chi connectivity index (χ3n) is 5.00. The first-order valence-corrected chi connectivity index (χ1v) is 9.20. The van der Waals surface area contributed by atoms with Crippen LogP contribution < -0.4 is 4.74 Å². The second-order valence-corrected chi connectivity index (χ2v) is 7.80. The van der Waals surface area contributed by atoms with Crippen LogP contribution in [0.15, 0.2) is 35.4 Å². The molecule has 138 valence electrons. The Balaban J connectivity index is 2.00. The van der Waals surface area contributed by atoms with Crippen molar-refractivity contribution in [1.82, 2.24) is 0 Å². The minimum absolute atomic E-state index is 0.214. The van der Waals surface area contributed by atoms with Gasteiger partial charge in [0, 0.05) is 12.0 Å². The minimum atomic E-state index is -0.621. The van der Waals surface area contributed by atoms with Gasteiger partial charge in [-0.15, -0.1) is 0 Å². The van der Waals surface area contributed by atoms with Crippen LogP contribution in [0.25, 0.3) is 0 Å². The van der Waals surface area contributed by atoms with Gasteiger partial charge in [0.15, 0.2) is 0 Å². The van der Waals surface area contributed by atoms with E-state index in [0.29, 0.717) is 17.7 Å². The highest BCUT2D eigenvalue weighted by molar-refractivity contribution is 5.49. The third-order valence-corrected chi connectivity index (χ3v) is 5.00. The lowest BCUT2D eigenvalue weighted by Crippen LogP contribution is -2.48. The Kier molecular flexibility index (Phi) is 6.34. The number of phenolic OH excluding ortho intramolecular Hbond substituents is 1. The fourth-order valence-corrected chi connectivity index (χ4v) is 3.30. The molecule has 0 aromatic heterocycles. The quantitative estimate of drug-likeness (QED) is 0.695. The zero-order valence-electron chi connectivity index (χ0n) is 16.2. The van der Waals surface area contributed by atoms with Gasteiger partial charge in [-0.2, -0.15) is 0 Å². The summed E-state index contributed by atoms with van der Waals surface area (Å²) in [5.74, 6) is 0.917. The molecule has 0 bridgehead atoms. The van der Waals surface area contributed by atoms with Gasteiger partial charge >= 0.3 is 0 Å².